The Hall–Kier alpha value is -1.57. The van der Waals surface area contributed by atoms with Crippen molar-refractivity contribution in [2.45, 2.75) is 18.6 Å². The normalized spacial score (nSPS) is 14.2. The molecule has 0 saturated carbocycles. The number of nitrogens with one attached hydrogen (secondary N) is 1. The zero-order chi connectivity index (χ0) is 14.6. The van der Waals surface area contributed by atoms with Crippen LogP contribution in [0.5, 0.6) is 0 Å². The van der Waals surface area contributed by atoms with Gasteiger partial charge in [0.1, 0.15) is 23.3 Å². The Balaban J connectivity index is 2.99. The Labute approximate surface area is 108 Å². The van der Waals surface area contributed by atoms with Gasteiger partial charge in [0.2, 0.25) is 0 Å². The van der Waals surface area contributed by atoms with Gasteiger partial charge in [0, 0.05) is 0 Å². The van der Waals surface area contributed by atoms with Gasteiger partial charge in [0.05, 0.1) is 6.10 Å². The smallest absolute Gasteiger partial charge is 0.341 e. The lowest BCUT2D eigenvalue weighted by molar-refractivity contribution is 0.0137. The van der Waals surface area contributed by atoms with Crippen molar-refractivity contribution in [3.63, 3.8) is 0 Å². The number of rotatable bonds is 6. The third kappa shape index (κ3) is 3.69. The number of aromatic carboxylic acids is 1. The van der Waals surface area contributed by atoms with Crippen molar-refractivity contribution in [3.8, 4) is 0 Å². The van der Waals surface area contributed by atoms with Crippen LogP contribution in [0.2, 0.25) is 0 Å². The molecule has 106 valence electrons. The quantitative estimate of drug-likeness (QED) is 0.612. The maximum absolute atomic E-state index is 13.4. The number of carboxylic acids is 1. The number of halogens is 2. The fraction of sp³-hybridized carbons (Fsp3) is 0.417. The van der Waals surface area contributed by atoms with E-state index in [1.165, 1.54) is 0 Å². The van der Waals surface area contributed by atoms with Crippen LogP contribution in [0.4, 0.5) is 8.78 Å². The first kappa shape index (κ1) is 15.5. The first-order valence-corrected chi connectivity index (χ1v) is 5.61. The summed E-state index contributed by atoms with van der Waals surface area (Å²) in [6.07, 6.45) is -2.51. The lowest BCUT2D eigenvalue weighted by atomic mass is 10.00. The van der Waals surface area contributed by atoms with Gasteiger partial charge in [-0.05, 0) is 37.7 Å². The average molecular weight is 275 g/mol. The highest BCUT2D eigenvalue weighted by Crippen LogP contribution is 2.23. The largest absolute Gasteiger partial charge is 0.477 e. The Bertz CT molecular complexity index is 444. The van der Waals surface area contributed by atoms with E-state index in [4.69, 9.17) is 5.11 Å². The summed E-state index contributed by atoms with van der Waals surface area (Å²) in [6.45, 7) is 0.413. The van der Waals surface area contributed by atoms with E-state index < -0.39 is 35.4 Å². The minimum absolute atomic E-state index is 0.182. The third-order valence-electron chi connectivity index (χ3n) is 2.67. The molecule has 0 aromatic heterocycles. The third-order valence-corrected chi connectivity index (χ3v) is 2.67. The molecule has 0 amide bonds. The predicted molar refractivity (Wildman–Crippen MR) is 62.8 cm³/mol. The van der Waals surface area contributed by atoms with Crippen LogP contribution in [0, 0.1) is 11.6 Å². The van der Waals surface area contributed by atoms with Crippen molar-refractivity contribution in [1.82, 2.24) is 5.32 Å². The van der Waals surface area contributed by atoms with Gasteiger partial charge in [0.15, 0.2) is 0 Å². The number of carboxylic acid groups (broad SMARTS) is 1. The van der Waals surface area contributed by atoms with Crippen LogP contribution in [0.15, 0.2) is 12.1 Å². The second-order valence-corrected chi connectivity index (χ2v) is 4.07. The molecule has 0 heterocycles. The van der Waals surface area contributed by atoms with Gasteiger partial charge in [-0.15, -0.1) is 0 Å². The number of benzene rings is 1. The van der Waals surface area contributed by atoms with Gasteiger partial charge >= 0.3 is 5.97 Å². The van der Waals surface area contributed by atoms with Crippen LogP contribution in [0.1, 0.15) is 28.4 Å². The molecule has 7 heteroatoms. The van der Waals surface area contributed by atoms with Crippen LogP contribution in [0.3, 0.4) is 0 Å². The van der Waals surface area contributed by atoms with E-state index in [9.17, 15) is 23.8 Å². The number of hydrogen-bond acceptors (Lipinski definition) is 4. The summed E-state index contributed by atoms with van der Waals surface area (Å²) in [6, 6.07) is 1.42. The first-order valence-electron chi connectivity index (χ1n) is 5.61. The SMILES string of the molecule is CNCCC(O)C(O)c1cc(F)c(C(=O)O)c(F)c1. The summed E-state index contributed by atoms with van der Waals surface area (Å²) >= 11 is 0. The fourth-order valence-corrected chi connectivity index (χ4v) is 1.64. The fourth-order valence-electron chi connectivity index (χ4n) is 1.64. The predicted octanol–water partition coefficient (Wildman–Crippen LogP) is 0.667. The summed E-state index contributed by atoms with van der Waals surface area (Å²) in [5.41, 5.74) is -1.29. The maximum Gasteiger partial charge on any atom is 0.341 e. The second-order valence-electron chi connectivity index (χ2n) is 4.07. The summed E-state index contributed by atoms with van der Waals surface area (Å²) in [5, 5.41) is 30.7. The topological polar surface area (TPSA) is 89.8 Å². The molecule has 0 fully saturated rings. The van der Waals surface area contributed by atoms with Gasteiger partial charge in [-0.1, -0.05) is 0 Å². The molecule has 0 aliphatic heterocycles. The van der Waals surface area contributed by atoms with E-state index in [0.29, 0.717) is 18.7 Å². The number of aliphatic hydroxyl groups is 2. The van der Waals surface area contributed by atoms with Crippen LogP contribution in [-0.4, -0.2) is 41.0 Å². The highest BCUT2D eigenvalue weighted by Gasteiger charge is 2.23. The molecule has 1 rings (SSSR count). The molecule has 19 heavy (non-hydrogen) atoms. The van der Waals surface area contributed by atoms with E-state index in [1.807, 2.05) is 0 Å². The van der Waals surface area contributed by atoms with E-state index in [1.54, 1.807) is 7.05 Å². The minimum atomic E-state index is -1.73. The van der Waals surface area contributed by atoms with E-state index in [2.05, 4.69) is 5.32 Å². The van der Waals surface area contributed by atoms with Gasteiger partial charge in [-0.25, -0.2) is 13.6 Å². The van der Waals surface area contributed by atoms with E-state index in [0.717, 1.165) is 0 Å². The van der Waals surface area contributed by atoms with Crippen molar-refractivity contribution in [2.24, 2.45) is 0 Å². The molecule has 0 radical (unpaired) electrons. The molecule has 5 nitrogen and oxygen atoms in total. The van der Waals surface area contributed by atoms with Crippen LogP contribution in [0.25, 0.3) is 0 Å². The second kappa shape index (κ2) is 6.55. The van der Waals surface area contributed by atoms with Gasteiger partial charge in [-0.3, -0.25) is 0 Å². The van der Waals surface area contributed by atoms with Crippen LogP contribution in [-0.2, 0) is 0 Å². The molecule has 0 saturated heterocycles. The van der Waals surface area contributed by atoms with E-state index >= 15 is 0 Å². The zero-order valence-corrected chi connectivity index (χ0v) is 10.2. The van der Waals surface area contributed by atoms with Crippen LogP contribution >= 0.6 is 0 Å². The molecule has 2 atom stereocenters. The highest BCUT2D eigenvalue weighted by atomic mass is 19.1. The maximum atomic E-state index is 13.4. The average Bonchev–Trinajstić information content (AvgIpc) is 2.33. The molecule has 0 aliphatic carbocycles. The van der Waals surface area contributed by atoms with Crippen molar-refractivity contribution in [3.05, 3.63) is 34.9 Å². The van der Waals surface area contributed by atoms with Gasteiger partial charge < -0.3 is 20.6 Å². The van der Waals surface area contributed by atoms with Crippen molar-refractivity contribution >= 4 is 5.97 Å². The summed E-state index contributed by atoms with van der Waals surface area (Å²) < 4.78 is 26.8. The standard InChI is InChI=1S/C12H15F2NO4/c1-15-3-2-9(16)11(17)6-4-7(13)10(12(18)19)8(14)5-6/h4-5,9,11,15-17H,2-3H2,1H3,(H,18,19). The molecule has 1 aromatic carbocycles. The van der Waals surface area contributed by atoms with Crippen molar-refractivity contribution < 1.29 is 28.9 Å². The molecule has 0 aliphatic rings. The number of carbonyl (C=O) groups is 1. The Morgan fingerprint density at radius 3 is 2.26 bits per heavy atom. The van der Waals surface area contributed by atoms with Crippen LogP contribution < -0.4 is 5.32 Å². The molecule has 1 aromatic rings. The number of aliphatic hydroxyl groups excluding tert-OH is 2. The molecule has 0 bridgehead atoms. The first-order chi connectivity index (χ1) is 8.88. The lowest BCUT2D eigenvalue weighted by Crippen LogP contribution is -2.23. The van der Waals surface area contributed by atoms with Crippen molar-refractivity contribution in [1.29, 1.82) is 0 Å². The summed E-state index contributed by atoms with van der Waals surface area (Å²) in [7, 11) is 1.65. The highest BCUT2D eigenvalue weighted by molar-refractivity contribution is 5.88. The van der Waals surface area contributed by atoms with Crippen molar-refractivity contribution in [2.75, 3.05) is 13.6 Å². The molecule has 2 unspecified atom stereocenters. The van der Waals surface area contributed by atoms with E-state index in [-0.39, 0.29) is 12.0 Å². The molecular weight excluding hydrogens is 260 g/mol. The Kier molecular flexibility index (Phi) is 5.34. The summed E-state index contributed by atoms with van der Waals surface area (Å²) in [5.74, 6) is -4.31. The van der Waals surface area contributed by atoms with Gasteiger partial charge in [0.25, 0.3) is 0 Å². The zero-order valence-electron chi connectivity index (χ0n) is 10.2. The molecule has 4 N–H and O–H groups in total. The lowest BCUT2D eigenvalue weighted by Gasteiger charge is -2.18. The number of hydrogen-bond donors (Lipinski definition) is 4. The molecule has 0 spiro atoms. The molecular formula is C12H15F2NO4. The monoisotopic (exact) mass is 275 g/mol. The Morgan fingerprint density at radius 1 is 1.32 bits per heavy atom. The summed E-state index contributed by atoms with van der Waals surface area (Å²) in [4.78, 5) is 10.6. The minimum Gasteiger partial charge on any atom is -0.477 e. The Morgan fingerprint density at radius 2 is 1.84 bits per heavy atom. The van der Waals surface area contributed by atoms with Gasteiger partial charge in [-0.2, -0.15) is 0 Å².